The molecular formula is C21H24N6O2. The molecule has 1 aromatic carbocycles. The van der Waals surface area contributed by atoms with Crippen molar-refractivity contribution in [1.82, 2.24) is 15.3 Å². The summed E-state index contributed by atoms with van der Waals surface area (Å²) in [5.74, 6) is 0.491. The van der Waals surface area contributed by atoms with E-state index in [2.05, 4.69) is 32.0 Å². The van der Waals surface area contributed by atoms with Crippen molar-refractivity contribution in [2.24, 2.45) is 5.92 Å². The maximum Gasteiger partial charge on any atom is 0.228 e. The van der Waals surface area contributed by atoms with Gasteiger partial charge in [0.05, 0.1) is 35.4 Å². The zero-order valence-electron chi connectivity index (χ0n) is 16.5. The van der Waals surface area contributed by atoms with Crippen molar-refractivity contribution in [3.63, 3.8) is 0 Å². The maximum atomic E-state index is 11.8. The molecule has 0 saturated heterocycles. The summed E-state index contributed by atoms with van der Waals surface area (Å²) in [5, 5.41) is 18.5. The van der Waals surface area contributed by atoms with Crippen LogP contribution in [0, 0.1) is 17.2 Å². The van der Waals surface area contributed by atoms with Gasteiger partial charge in [0, 0.05) is 24.1 Å². The van der Waals surface area contributed by atoms with Crippen LogP contribution in [0.3, 0.4) is 0 Å². The molecular weight excluding hydrogens is 368 g/mol. The van der Waals surface area contributed by atoms with Gasteiger partial charge in [-0.1, -0.05) is 19.9 Å². The number of carbonyl (C=O) groups is 2. The Hall–Kier alpha value is -3.31. The van der Waals surface area contributed by atoms with Gasteiger partial charge in [0.1, 0.15) is 12.4 Å². The molecule has 0 radical (unpaired) electrons. The summed E-state index contributed by atoms with van der Waals surface area (Å²) in [5.41, 5.74) is 2.34. The number of rotatable bonds is 9. The average Bonchev–Trinajstić information content (AvgIpc) is 3.57. The Bertz CT molecular complexity index is 916. The molecule has 1 fully saturated rings. The third-order valence-electron chi connectivity index (χ3n) is 4.54. The first-order valence-electron chi connectivity index (χ1n) is 9.62. The predicted molar refractivity (Wildman–Crippen MR) is 110 cm³/mol. The lowest BCUT2D eigenvalue weighted by Gasteiger charge is -2.18. The number of carbonyl (C=O) groups excluding carboxylic acids is 2. The summed E-state index contributed by atoms with van der Waals surface area (Å²) >= 11 is 0. The van der Waals surface area contributed by atoms with Crippen molar-refractivity contribution >= 4 is 23.7 Å². The molecule has 8 nitrogen and oxygen atoms in total. The van der Waals surface area contributed by atoms with Gasteiger partial charge in [-0.15, -0.1) is 0 Å². The molecule has 0 bridgehead atoms. The minimum absolute atomic E-state index is 0.0215. The molecule has 1 atom stereocenters. The first kappa shape index (κ1) is 20.4. The highest BCUT2D eigenvalue weighted by atomic mass is 16.2. The number of nitrogens with zero attached hydrogens (tertiary/aromatic N) is 3. The second-order valence-electron chi connectivity index (χ2n) is 7.37. The molecule has 8 heteroatoms. The van der Waals surface area contributed by atoms with Crippen LogP contribution in [0.1, 0.15) is 32.3 Å². The number of hydrogen-bond acceptors (Lipinski definition) is 7. The van der Waals surface area contributed by atoms with E-state index in [-0.39, 0.29) is 17.9 Å². The molecule has 3 N–H and O–H groups in total. The molecule has 0 aliphatic heterocycles. The predicted octanol–water partition coefficient (Wildman–Crippen LogP) is 2.34. The standard InChI is InChI=1S/C21H24N6O2/c1-13(2)23-9-17(12-28)26-18-7-15(5-6-16(18)8-22)19-10-25-20(11-24-19)27-21(29)14-3-4-14/h5-7,10-14,17,23,26H,3-4,9H2,1-2H3,(H,25,27,29). The summed E-state index contributed by atoms with van der Waals surface area (Å²) < 4.78 is 0. The molecule has 1 heterocycles. The minimum Gasteiger partial charge on any atom is -0.373 e. The number of hydrogen-bond donors (Lipinski definition) is 3. The Morgan fingerprint density at radius 2 is 2.10 bits per heavy atom. The van der Waals surface area contributed by atoms with E-state index in [0.717, 1.165) is 24.7 Å². The van der Waals surface area contributed by atoms with Gasteiger partial charge in [-0.05, 0) is 25.0 Å². The van der Waals surface area contributed by atoms with Gasteiger partial charge in [0.25, 0.3) is 0 Å². The molecule has 1 unspecified atom stereocenters. The van der Waals surface area contributed by atoms with E-state index in [0.29, 0.717) is 29.3 Å². The Kier molecular flexibility index (Phi) is 6.52. The number of anilines is 2. The highest BCUT2D eigenvalue weighted by Crippen LogP contribution is 2.30. The fourth-order valence-corrected chi connectivity index (χ4v) is 2.73. The van der Waals surface area contributed by atoms with Gasteiger partial charge in [-0.3, -0.25) is 9.78 Å². The fraction of sp³-hybridized carbons (Fsp3) is 0.381. The van der Waals surface area contributed by atoms with Crippen LogP contribution in [0.25, 0.3) is 11.3 Å². The zero-order valence-corrected chi connectivity index (χ0v) is 16.5. The highest BCUT2D eigenvalue weighted by molar-refractivity contribution is 5.93. The molecule has 1 aromatic heterocycles. The van der Waals surface area contributed by atoms with Crippen molar-refractivity contribution in [1.29, 1.82) is 5.26 Å². The quantitative estimate of drug-likeness (QED) is 0.560. The lowest BCUT2D eigenvalue weighted by molar-refractivity contribution is -0.117. The SMILES string of the molecule is CC(C)NCC(C=O)Nc1cc(-c2cnc(NC(=O)C3CC3)cn2)ccc1C#N. The van der Waals surface area contributed by atoms with Gasteiger partial charge >= 0.3 is 0 Å². The number of nitriles is 1. The summed E-state index contributed by atoms with van der Waals surface area (Å²) in [6.07, 6.45) is 5.76. The number of aromatic nitrogens is 2. The second-order valence-corrected chi connectivity index (χ2v) is 7.37. The largest absolute Gasteiger partial charge is 0.373 e. The van der Waals surface area contributed by atoms with E-state index in [1.54, 1.807) is 24.4 Å². The van der Waals surface area contributed by atoms with Gasteiger partial charge in [0.2, 0.25) is 5.91 Å². The van der Waals surface area contributed by atoms with Gasteiger partial charge in [0.15, 0.2) is 5.82 Å². The van der Waals surface area contributed by atoms with Crippen LogP contribution < -0.4 is 16.0 Å². The Balaban J connectivity index is 1.75. The maximum absolute atomic E-state index is 11.8. The van der Waals surface area contributed by atoms with Crippen LogP contribution in [0.5, 0.6) is 0 Å². The fourth-order valence-electron chi connectivity index (χ4n) is 2.73. The number of aldehydes is 1. The first-order valence-corrected chi connectivity index (χ1v) is 9.62. The molecule has 29 heavy (non-hydrogen) atoms. The molecule has 1 amide bonds. The topological polar surface area (TPSA) is 120 Å². The monoisotopic (exact) mass is 392 g/mol. The molecule has 150 valence electrons. The molecule has 1 saturated carbocycles. The first-order chi connectivity index (χ1) is 14.0. The smallest absolute Gasteiger partial charge is 0.228 e. The second kappa shape index (κ2) is 9.26. The van der Waals surface area contributed by atoms with Gasteiger partial charge in [-0.25, -0.2) is 4.98 Å². The van der Waals surface area contributed by atoms with Crippen LogP contribution in [-0.2, 0) is 9.59 Å². The van der Waals surface area contributed by atoms with Crippen LogP contribution in [-0.4, -0.2) is 40.8 Å². The van der Waals surface area contributed by atoms with Gasteiger partial charge in [-0.2, -0.15) is 5.26 Å². The average molecular weight is 392 g/mol. The minimum atomic E-state index is -0.467. The number of nitrogens with one attached hydrogen (secondary N) is 3. The Labute approximate surface area is 169 Å². The van der Waals surface area contributed by atoms with Crippen molar-refractivity contribution in [2.75, 3.05) is 17.2 Å². The van der Waals surface area contributed by atoms with Gasteiger partial charge < -0.3 is 20.7 Å². The zero-order chi connectivity index (χ0) is 20.8. The van der Waals surface area contributed by atoms with E-state index < -0.39 is 6.04 Å². The molecule has 1 aliphatic rings. The van der Waals surface area contributed by atoms with Crippen LogP contribution in [0.2, 0.25) is 0 Å². The molecule has 3 rings (SSSR count). The molecule has 0 spiro atoms. The summed E-state index contributed by atoms with van der Waals surface area (Å²) in [6, 6.07) is 7.14. The third kappa shape index (κ3) is 5.59. The summed E-state index contributed by atoms with van der Waals surface area (Å²) in [7, 11) is 0. The summed E-state index contributed by atoms with van der Waals surface area (Å²) in [6.45, 7) is 4.45. The normalized spacial score (nSPS) is 14.1. The summed E-state index contributed by atoms with van der Waals surface area (Å²) in [4.78, 5) is 31.9. The lowest BCUT2D eigenvalue weighted by atomic mass is 10.1. The highest BCUT2D eigenvalue weighted by Gasteiger charge is 2.29. The van der Waals surface area contributed by atoms with E-state index in [1.165, 1.54) is 6.20 Å². The van der Waals surface area contributed by atoms with Crippen molar-refractivity contribution in [2.45, 2.75) is 38.8 Å². The van der Waals surface area contributed by atoms with Crippen LogP contribution in [0.15, 0.2) is 30.6 Å². The lowest BCUT2D eigenvalue weighted by Crippen LogP contribution is -2.37. The third-order valence-corrected chi connectivity index (χ3v) is 4.54. The molecule has 1 aliphatic carbocycles. The number of amides is 1. The Morgan fingerprint density at radius 3 is 2.69 bits per heavy atom. The van der Waals surface area contributed by atoms with E-state index in [1.807, 2.05) is 13.8 Å². The van der Waals surface area contributed by atoms with Crippen molar-refractivity contribution in [3.05, 3.63) is 36.2 Å². The van der Waals surface area contributed by atoms with E-state index >= 15 is 0 Å². The van der Waals surface area contributed by atoms with Crippen LogP contribution >= 0.6 is 0 Å². The van der Waals surface area contributed by atoms with Crippen molar-refractivity contribution < 1.29 is 9.59 Å². The van der Waals surface area contributed by atoms with E-state index in [9.17, 15) is 14.9 Å². The van der Waals surface area contributed by atoms with Crippen molar-refractivity contribution in [3.8, 4) is 17.3 Å². The Morgan fingerprint density at radius 1 is 1.31 bits per heavy atom. The molecule has 2 aromatic rings. The van der Waals surface area contributed by atoms with Crippen LogP contribution in [0.4, 0.5) is 11.5 Å². The number of benzene rings is 1. The van der Waals surface area contributed by atoms with E-state index in [4.69, 9.17) is 0 Å².